The molecule has 0 aromatic heterocycles. The second-order valence-corrected chi connectivity index (χ2v) is 1.80. The molecule has 1 aliphatic rings. The minimum Gasteiger partial charge on any atom is -0.365 e. The van der Waals surface area contributed by atoms with Crippen LogP contribution >= 0.6 is 0 Å². The van der Waals surface area contributed by atoms with Gasteiger partial charge in [-0.15, -0.1) is 0 Å². The van der Waals surface area contributed by atoms with E-state index in [2.05, 4.69) is 15.7 Å². The Labute approximate surface area is 64.0 Å². The lowest BCUT2D eigenvalue weighted by atomic mass is 10.2. The zero-order valence-corrected chi connectivity index (χ0v) is 6.06. The van der Waals surface area contributed by atoms with Crippen molar-refractivity contribution in [3.05, 3.63) is 0 Å². The summed E-state index contributed by atoms with van der Waals surface area (Å²) in [6, 6.07) is 0. The summed E-state index contributed by atoms with van der Waals surface area (Å²) in [6.07, 6.45) is 0. The van der Waals surface area contributed by atoms with Gasteiger partial charge in [0.2, 0.25) is 0 Å². The van der Waals surface area contributed by atoms with Gasteiger partial charge >= 0.3 is 7.55 Å². The predicted molar refractivity (Wildman–Crippen MR) is 44.6 cm³/mol. The van der Waals surface area contributed by atoms with Gasteiger partial charge in [0, 0.05) is 6.54 Å². The Bertz CT molecular complexity index is 49.6. The van der Waals surface area contributed by atoms with Crippen LogP contribution < -0.4 is 21.4 Å². The first kappa shape index (κ1) is 9.97. The van der Waals surface area contributed by atoms with Crippen LogP contribution in [0, 0.1) is 0 Å². The number of hydrogen-bond donors (Lipinski definition) is 4. The molecule has 0 aliphatic carbocycles. The van der Waals surface area contributed by atoms with E-state index in [-0.39, 0.29) is 0 Å². The predicted octanol–water partition coefficient (Wildman–Crippen LogP) is -2.67. The van der Waals surface area contributed by atoms with Gasteiger partial charge < -0.3 is 21.4 Å². The molecule has 5 N–H and O–H groups in total. The van der Waals surface area contributed by atoms with Crippen LogP contribution in [-0.2, 0) is 0 Å². The highest BCUT2D eigenvalue weighted by molar-refractivity contribution is 6.29. The number of nitrogens with two attached hydrogens (primary N) is 1. The summed E-state index contributed by atoms with van der Waals surface area (Å²) < 4.78 is 0. The van der Waals surface area contributed by atoms with E-state index in [4.69, 9.17) is 13.7 Å². The Hall–Kier alpha value is -0.0301. The molecule has 10 heavy (non-hydrogen) atoms. The Morgan fingerprint density at radius 1 is 1.50 bits per heavy atom. The lowest BCUT2D eigenvalue weighted by Gasteiger charge is -1.85. The quantitative estimate of drug-likeness (QED) is 0.315. The fraction of sp³-hybridized carbons (Fsp3) is 1.00. The van der Waals surface area contributed by atoms with E-state index in [0.717, 1.165) is 13.1 Å². The third-order valence-corrected chi connectivity index (χ3v) is 0.906. The van der Waals surface area contributed by atoms with Gasteiger partial charge in [0.1, 0.15) is 0 Å². The monoisotopic (exact) mass is 139 g/mol. The Morgan fingerprint density at radius 2 is 2.10 bits per heavy atom. The SMILES string of the molecule is [B]1NCCN1.[B]NCCN. The lowest BCUT2D eigenvalue weighted by molar-refractivity contribution is 0.908. The highest BCUT2D eigenvalue weighted by atomic mass is 15.0. The summed E-state index contributed by atoms with van der Waals surface area (Å²) in [5.74, 6) is 0. The van der Waals surface area contributed by atoms with Crippen molar-refractivity contribution < 1.29 is 0 Å². The number of hydrogen-bond acceptors (Lipinski definition) is 4. The molecule has 1 heterocycles. The van der Waals surface area contributed by atoms with Crippen LogP contribution in [0.25, 0.3) is 0 Å². The molecule has 0 saturated carbocycles. The smallest absolute Gasteiger partial charge is 0.307 e. The average molecular weight is 139 g/mol. The lowest BCUT2D eigenvalue weighted by Crippen LogP contribution is -2.18. The number of nitrogens with one attached hydrogen (secondary N) is 3. The van der Waals surface area contributed by atoms with Crippen molar-refractivity contribution in [3.63, 3.8) is 0 Å². The van der Waals surface area contributed by atoms with Crippen molar-refractivity contribution in [3.8, 4) is 0 Å². The standard InChI is InChI=1S/C2H6BN2.C2H7BN2/c1-2-5-3-4-1;3-5-2-1-4/h4-5H,1-2H2;5H,1-2,4H2. The van der Waals surface area contributed by atoms with Crippen molar-refractivity contribution in [1.82, 2.24) is 15.7 Å². The first-order valence-electron chi connectivity index (χ1n) is 3.33. The zero-order chi connectivity index (χ0) is 7.66. The Morgan fingerprint density at radius 3 is 2.20 bits per heavy atom. The molecule has 0 spiro atoms. The molecule has 1 saturated heterocycles. The molecule has 4 nitrogen and oxygen atoms in total. The molecule has 3 radical (unpaired) electrons. The van der Waals surface area contributed by atoms with E-state index in [9.17, 15) is 0 Å². The molecular formula is C4H13B2N4. The second-order valence-electron chi connectivity index (χ2n) is 1.80. The highest BCUT2D eigenvalue weighted by Crippen LogP contribution is 1.58. The van der Waals surface area contributed by atoms with Crippen molar-refractivity contribution in [2.45, 2.75) is 0 Å². The third kappa shape index (κ3) is 7.97. The van der Waals surface area contributed by atoms with Gasteiger partial charge in [-0.25, -0.2) is 0 Å². The van der Waals surface area contributed by atoms with E-state index in [1.54, 1.807) is 0 Å². The average Bonchev–Trinajstić information content (AvgIpc) is 2.44. The van der Waals surface area contributed by atoms with Crippen LogP contribution in [-0.4, -0.2) is 41.7 Å². The van der Waals surface area contributed by atoms with E-state index in [1.165, 1.54) is 0 Å². The van der Waals surface area contributed by atoms with E-state index < -0.39 is 0 Å². The molecule has 0 aromatic rings. The molecule has 6 heteroatoms. The third-order valence-electron chi connectivity index (χ3n) is 0.906. The zero-order valence-electron chi connectivity index (χ0n) is 6.06. The van der Waals surface area contributed by atoms with E-state index >= 15 is 0 Å². The van der Waals surface area contributed by atoms with Gasteiger partial charge in [-0.2, -0.15) is 0 Å². The van der Waals surface area contributed by atoms with Crippen molar-refractivity contribution in [2.24, 2.45) is 5.73 Å². The van der Waals surface area contributed by atoms with Crippen LogP contribution in [0.15, 0.2) is 0 Å². The van der Waals surface area contributed by atoms with Gasteiger partial charge in [0.05, 0.1) is 0 Å². The molecule has 0 atom stereocenters. The molecule has 0 unspecified atom stereocenters. The van der Waals surface area contributed by atoms with Gasteiger partial charge in [-0.05, 0) is 19.6 Å². The molecule has 1 fully saturated rings. The maximum Gasteiger partial charge on any atom is 0.307 e. The van der Waals surface area contributed by atoms with Crippen molar-refractivity contribution >= 4 is 15.5 Å². The fourth-order valence-electron chi connectivity index (χ4n) is 0.444. The largest absolute Gasteiger partial charge is 0.365 e. The summed E-state index contributed by atoms with van der Waals surface area (Å²) in [5, 5.41) is 8.36. The topological polar surface area (TPSA) is 62.1 Å². The molecule has 1 rings (SSSR count). The Kier molecular flexibility index (Phi) is 8.94. The molecule has 55 valence electrons. The van der Waals surface area contributed by atoms with Crippen LogP contribution in [0.1, 0.15) is 0 Å². The van der Waals surface area contributed by atoms with Crippen LogP contribution in [0.2, 0.25) is 0 Å². The van der Waals surface area contributed by atoms with Gasteiger partial charge in [-0.1, -0.05) is 0 Å². The van der Waals surface area contributed by atoms with E-state index in [1.807, 2.05) is 7.55 Å². The highest BCUT2D eigenvalue weighted by Gasteiger charge is 1.94. The normalized spacial score (nSPS) is 15.3. The summed E-state index contributed by atoms with van der Waals surface area (Å²) in [6.45, 7) is 3.47. The number of rotatable bonds is 2. The van der Waals surface area contributed by atoms with Crippen LogP contribution in [0.5, 0.6) is 0 Å². The summed E-state index contributed by atoms with van der Waals surface area (Å²) in [5.41, 5.74) is 5.00. The summed E-state index contributed by atoms with van der Waals surface area (Å²) in [7, 11) is 6.67. The van der Waals surface area contributed by atoms with Crippen LogP contribution in [0.4, 0.5) is 0 Å². The van der Waals surface area contributed by atoms with E-state index in [0.29, 0.717) is 13.1 Å². The van der Waals surface area contributed by atoms with Crippen molar-refractivity contribution in [2.75, 3.05) is 26.2 Å². The summed E-state index contributed by atoms with van der Waals surface area (Å²) >= 11 is 0. The van der Waals surface area contributed by atoms with Crippen molar-refractivity contribution in [1.29, 1.82) is 0 Å². The minimum absolute atomic E-state index is 0.608. The minimum atomic E-state index is 0.608. The molecule has 0 amide bonds. The summed E-state index contributed by atoms with van der Waals surface area (Å²) in [4.78, 5) is 0. The maximum absolute atomic E-state index is 5.00. The van der Waals surface area contributed by atoms with Gasteiger partial charge in [0.25, 0.3) is 0 Å². The second kappa shape index (κ2) is 8.97. The first-order chi connectivity index (χ1) is 4.91. The molecule has 0 aromatic carbocycles. The van der Waals surface area contributed by atoms with Crippen LogP contribution in [0.3, 0.4) is 0 Å². The molecule has 1 aliphatic heterocycles. The Balaban J connectivity index is 0.000000162. The molecule has 0 bridgehead atoms. The van der Waals surface area contributed by atoms with Gasteiger partial charge in [-0.3, -0.25) is 0 Å². The van der Waals surface area contributed by atoms with Gasteiger partial charge in [0.15, 0.2) is 7.98 Å². The first-order valence-corrected chi connectivity index (χ1v) is 3.33. The maximum atomic E-state index is 5.00. The molecular weight excluding hydrogens is 126 g/mol. The fourth-order valence-corrected chi connectivity index (χ4v) is 0.444.